The molecule has 2 nitrogen and oxygen atoms in total. The predicted molar refractivity (Wildman–Crippen MR) is 90.5 cm³/mol. The van der Waals surface area contributed by atoms with Gasteiger partial charge in [-0.25, -0.2) is 0 Å². The Labute approximate surface area is 135 Å². The van der Waals surface area contributed by atoms with E-state index < -0.39 is 17.1 Å². The number of hydrogen-bond acceptors (Lipinski definition) is 2. The molecule has 0 radical (unpaired) electrons. The lowest BCUT2D eigenvalue weighted by Gasteiger charge is -2.53. The zero-order valence-corrected chi connectivity index (χ0v) is 14.7. The third-order valence-corrected chi connectivity index (χ3v) is 7.28. The summed E-state index contributed by atoms with van der Waals surface area (Å²) in [7, 11) is 0. The van der Waals surface area contributed by atoms with Gasteiger partial charge < -0.3 is 10.2 Å². The van der Waals surface area contributed by atoms with Gasteiger partial charge in [-0.15, -0.1) is 0 Å². The van der Waals surface area contributed by atoms with Crippen molar-refractivity contribution in [3.05, 3.63) is 23.3 Å². The summed E-state index contributed by atoms with van der Waals surface area (Å²) in [6.07, 6.45) is 6.00. The van der Waals surface area contributed by atoms with Crippen molar-refractivity contribution in [2.24, 2.45) is 16.7 Å². The second kappa shape index (κ2) is 4.95. The fourth-order valence-electron chi connectivity index (χ4n) is 5.56. The average molecular weight is 304 g/mol. The Morgan fingerprint density at radius 2 is 1.82 bits per heavy atom. The quantitative estimate of drug-likeness (QED) is 0.706. The Bertz CT molecular complexity index is 532. The molecule has 124 valence electrons. The summed E-state index contributed by atoms with van der Waals surface area (Å²) in [4.78, 5) is 0. The molecule has 3 aliphatic carbocycles. The van der Waals surface area contributed by atoms with E-state index in [1.807, 2.05) is 0 Å². The summed E-state index contributed by atoms with van der Waals surface area (Å²) in [6, 6.07) is 0. The first-order valence-corrected chi connectivity index (χ1v) is 8.95. The molecule has 4 atom stereocenters. The van der Waals surface area contributed by atoms with Gasteiger partial charge in [-0.3, -0.25) is 0 Å². The molecular weight excluding hydrogens is 272 g/mol. The minimum atomic E-state index is -0.923. The Kier molecular flexibility index (Phi) is 3.66. The number of allylic oxidation sites excluding steroid dienone is 2. The van der Waals surface area contributed by atoms with Gasteiger partial charge in [0, 0.05) is 5.41 Å². The lowest BCUT2D eigenvalue weighted by atomic mass is 9.56. The van der Waals surface area contributed by atoms with Crippen molar-refractivity contribution in [3.8, 4) is 0 Å². The first-order valence-electron chi connectivity index (χ1n) is 8.95. The van der Waals surface area contributed by atoms with Crippen molar-refractivity contribution in [1.29, 1.82) is 0 Å². The topological polar surface area (TPSA) is 40.5 Å². The highest BCUT2D eigenvalue weighted by Gasteiger charge is 2.60. The molecule has 0 aromatic rings. The molecule has 0 saturated heterocycles. The fraction of sp³-hybridized carbons (Fsp3) is 0.800. The van der Waals surface area contributed by atoms with Gasteiger partial charge in [-0.1, -0.05) is 45.4 Å². The molecule has 0 aromatic carbocycles. The Hall–Kier alpha value is -0.600. The number of hydrogen-bond donors (Lipinski definition) is 2. The minimum Gasteiger partial charge on any atom is -0.392 e. The smallest absolute Gasteiger partial charge is 0.0940 e. The van der Waals surface area contributed by atoms with Crippen molar-refractivity contribution in [2.45, 2.75) is 84.3 Å². The van der Waals surface area contributed by atoms with Crippen LogP contribution >= 0.6 is 0 Å². The lowest BCUT2D eigenvalue weighted by molar-refractivity contribution is -0.144. The lowest BCUT2D eigenvalue weighted by Crippen LogP contribution is -2.57. The van der Waals surface area contributed by atoms with E-state index in [1.165, 1.54) is 6.42 Å². The monoisotopic (exact) mass is 304 g/mol. The van der Waals surface area contributed by atoms with Crippen LogP contribution in [-0.2, 0) is 0 Å². The molecule has 2 heteroatoms. The fourth-order valence-corrected chi connectivity index (χ4v) is 5.56. The maximum absolute atomic E-state index is 11.6. The molecule has 0 aromatic heterocycles. The highest BCUT2D eigenvalue weighted by Crippen LogP contribution is 2.62. The summed E-state index contributed by atoms with van der Waals surface area (Å²) >= 11 is 0. The average Bonchev–Trinajstić information content (AvgIpc) is 2.72. The Morgan fingerprint density at radius 3 is 2.45 bits per heavy atom. The van der Waals surface area contributed by atoms with Gasteiger partial charge in [0.1, 0.15) is 0 Å². The van der Waals surface area contributed by atoms with E-state index in [2.05, 4.69) is 34.3 Å². The van der Waals surface area contributed by atoms with E-state index in [0.717, 1.165) is 44.1 Å². The van der Waals surface area contributed by atoms with Crippen LogP contribution in [0.3, 0.4) is 0 Å². The molecule has 3 aliphatic rings. The zero-order chi connectivity index (χ0) is 16.3. The molecule has 0 amide bonds. The Morgan fingerprint density at radius 1 is 1.14 bits per heavy atom. The zero-order valence-electron chi connectivity index (χ0n) is 14.7. The highest BCUT2D eigenvalue weighted by atomic mass is 16.3. The summed E-state index contributed by atoms with van der Waals surface area (Å²) in [5, 5.41) is 22.3. The normalized spacial score (nSPS) is 45.8. The third kappa shape index (κ3) is 1.99. The van der Waals surface area contributed by atoms with Crippen LogP contribution in [0.4, 0.5) is 0 Å². The standard InChI is InChI=1S/C20H32O2/c1-13(2)15-8-10-18(4)12-20(22)14(3)6-7-17(21)19(20,5)11-9-16(15)18/h13,17,21-22H,3,6-12H2,1-2,4-5H3. The van der Waals surface area contributed by atoms with Crippen LogP contribution in [0.15, 0.2) is 23.3 Å². The third-order valence-electron chi connectivity index (χ3n) is 7.28. The minimum absolute atomic E-state index is 0.0755. The van der Waals surface area contributed by atoms with Crippen LogP contribution in [0.2, 0.25) is 0 Å². The van der Waals surface area contributed by atoms with Gasteiger partial charge in [-0.05, 0) is 61.9 Å². The summed E-state index contributed by atoms with van der Waals surface area (Å²) in [5.74, 6) is 0.590. The van der Waals surface area contributed by atoms with Gasteiger partial charge in [0.2, 0.25) is 0 Å². The van der Waals surface area contributed by atoms with Gasteiger partial charge in [0.05, 0.1) is 11.7 Å². The SMILES string of the molecule is C=C1CCC(O)C2(C)CCC3=C(C(C)C)CCC3(C)CC12O. The largest absolute Gasteiger partial charge is 0.392 e. The van der Waals surface area contributed by atoms with Crippen LogP contribution in [0.25, 0.3) is 0 Å². The number of fused-ring (bicyclic) bond motifs is 2. The molecular formula is C20H32O2. The van der Waals surface area contributed by atoms with E-state index in [9.17, 15) is 10.2 Å². The van der Waals surface area contributed by atoms with Gasteiger partial charge >= 0.3 is 0 Å². The maximum atomic E-state index is 11.6. The van der Waals surface area contributed by atoms with Crippen LogP contribution in [0.5, 0.6) is 0 Å². The summed E-state index contributed by atoms with van der Waals surface area (Å²) < 4.78 is 0. The molecule has 0 aliphatic heterocycles. The first-order chi connectivity index (χ1) is 10.1. The van der Waals surface area contributed by atoms with Gasteiger partial charge in [0.15, 0.2) is 0 Å². The molecule has 0 heterocycles. The van der Waals surface area contributed by atoms with E-state index in [1.54, 1.807) is 11.1 Å². The molecule has 0 spiro atoms. The number of aliphatic hydroxyl groups excluding tert-OH is 1. The molecule has 0 bridgehead atoms. The molecule has 2 N–H and O–H groups in total. The molecule has 2 fully saturated rings. The van der Waals surface area contributed by atoms with Crippen molar-refractivity contribution in [2.75, 3.05) is 0 Å². The van der Waals surface area contributed by atoms with Crippen LogP contribution in [0, 0.1) is 16.7 Å². The van der Waals surface area contributed by atoms with Crippen LogP contribution in [-0.4, -0.2) is 21.9 Å². The van der Waals surface area contributed by atoms with E-state index in [4.69, 9.17) is 0 Å². The van der Waals surface area contributed by atoms with Crippen molar-refractivity contribution in [1.82, 2.24) is 0 Å². The van der Waals surface area contributed by atoms with Gasteiger partial charge in [0.25, 0.3) is 0 Å². The van der Waals surface area contributed by atoms with Crippen LogP contribution in [0.1, 0.15) is 72.6 Å². The second-order valence-electron chi connectivity index (χ2n) is 8.83. The number of rotatable bonds is 1. The predicted octanol–water partition coefficient (Wildman–Crippen LogP) is 4.37. The van der Waals surface area contributed by atoms with E-state index >= 15 is 0 Å². The molecule has 2 saturated carbocycles. The molecule has 3 rings (SSSR count). The molecule has 22 heavy (non-hydrogen) atoms. The maximum Gasteiger partial charge on any atom is 0.0940 e. The highest BCUT2D eigenvalue weighted by molar-refractivity contribution is 5.36. The Balaban J connectivity index is 2.10. The van der Waals surface area contributed by atoms with Crippen molar-refractivity contribution >= 4 is 0 Å². The number of aliphatic hydroxyl groups is 2. The van der Waals surface area contributed by atoms with Crippen molar-refractivity contribution < 1.29 is 10.2 Å². The summed E-state index contributed by atoms with van der Waals surface area (Å²) in [6.45, 7) is 13.2. The van der Waals surface area contributed by atoms with E-state index in [0.29, 0.717) is 5.92 Å². The molecule has 4 unspecified atom stereocenters. The second-order valence-corrected chi connectivity index (χ2v) is 8.83. The van der Waals surface area contributed by atoms with Crippen LogP contribution < -0.4 is 0 Å². The summed E-state index contributed by atoms with van der Waals surface area (Å²) in [5.41, 5.74) is 2.82. The first kappa shape index (κ1) is 16.3. The van der Waals surface area contributed by atoms with Gasteiger partial charge in [-0.2, -0.15) is 0 Å². The van der Waals surface area contributed by atoms with Crippen molar-refractivity contribution in [3.63, 3.8) is 0 Å². The van der Waals surface area contributed by atoms with E-state index in [-0.39, 0.29) is 5.41 Å².